The smallest absolute Gasteiger partial charge is 0.326 e. The molecule has 8 nitrogen and oxygen atoms in total. The normalized spacial score (nSPS) is 19.5. The molecular weight excluding hydrogens is 338 g/mol. The number of ether oxygens (including phenoxy) is 1. The number of rotatable bonds is 9. The lowest BCUT2D eigenvalue weighted by molar-refractivity contribution is -0.151. The molecule has 1 saturated heterocycles. The van der Waals surface area contributed by atoms with E-state index in [9.17, 15) is 19.2 Å². The van der Waals surface area contributed by atoms with Crippen molar-refractivity contribution in [2.24, 2.45) is 0 Å². The van der Waals surface area contributed by atoms with Gasteiger partial charge in [0.2, 0.25) is 0 Å². The molecule has 8 heteroatoms. The van der Waals surface area contributed by atoms with Crippen LogP contribution in [0.3, 0.4) is 0 Å². The van der Waals surface area contributed by atoms with Gasteiger partial charge < -0.3 is 15.4 Å². The second kappa shape index (κ2) is 9.00. The van der Waals surface area contributed by atoms with Gasteiger partial charge in [-0.25, -0.2) is 4.79 Å². The lowest BCUT2D eigenvalue weighted by atomic mass is 9.98. The monoisotopic (exact) mass is 367 g/mol. The maximum absolute atomic E-state index is 12.4. The molecule has 1 atom stereocenters. The summed E-state index contributed by atoms with van der Waals surface area (Å²) in [5.74, 6) is -1.52. The number of nitrogens with zero attached hydrogens (tertiary/aromatic N) is 1. The Morgan fingerprint density at radius 2 is 1.96 bits per heavy atom. The molecular formula is C18H29N3O5. The highest BCUT2D eigenvalue weighted by molar-refractivity contribution is 6.08. The van der Waals surface area contributed by atoms with Gasteiger partial charge in [-0.15, -0.1) is 0 Å². The van der Waals surface area contributed by atoms with Gasteiger partial charge in [0.05, 0.1) is 0 Å². The number of hydrogen-bond acceptors (Lipinski definition) is 5. The van der Waals surface area contributed by atoms with Crippen molar-refractivity contribution in [3.8, 4) is 0 Å². The first kappa shape index (κ1) is 20.2. The topological polar surface area (TPSA) is 105 Å². The third-order valence-corrected chi connectivity index (χ3v) is 5.00. The van der Waals surface area contributed by atoms with Crippen molar-refractivity contribution < 1.29 is 23.9 Å². The van der Waals surface area contributed by atoms with Crippen LogP contribution in [0.1, 0.15) is 65.2 Å². The summed E-state index contributed by atoms with van der Waals surface area (Å²) in [7, 11) is 0. The zero-order valence-electron chi connectivity index (χ0n) is 15.6. The van der Waals surface area contributed by atoms with Crippen LogP contribution in [0.2, 0.25) is 0 Å². The first-order valence-corrected chi connectivity index (χ1v) is 9.47. The van der Waals surface area contributed by atoms with Gasteiger partial charge in [0.15, 0.2) is 6.61 Å². The summed E-state index contributed by atoms with van der Waals surface area (Å²) in [5, 5.41) is 5.47. The van der Waals surface area contributed by atoms with Crippen LogP contribution in [0.4, 0.5) is 4.79 Å². The van der Waals surface area contributed by atoms with Crippen LogP contribution < -0.4 is 10.6 Å². The molecule has 146 valence electrons. The lowest BCUT2D eigenvalue weighted by Gasteiger charge is -2.19. The molecule has 2 N–H and O–H groups in total. The predicted octanol–water partition coefficient (Wildman–Crippen LogP) is 1.48. The van der Waals surface area contributed by atoms with Crippen molar-refractivity contribution in [1.29, 1.82) is 0 Å². The zero-order valence-corrected chi connectivity index (χ0v) is 15.6. The van der Waals surface area contributed by atoms with E-state index in [1.165, 1.54) is 0 Å². The predicted molar refractivity (Wildman–Crippen MR) is 94.1 cm³/mol. The summed E-state index contributed by atoms with van der Waals surface area (Å²) in [5.41, 5.74) is -0.845. The van der Waals surface area contributed by atoms with E-state index in [1.54, 1.807) is 0 Å². The van der Waals surface area contributed by atoms with E-state index in [4.69, 9.17) is 4.74 Å². The molecule has 0 aromatic rings. The number of imide groups is 1. The van der Waals surface area contributed by atoms with E-state index < -0.39 is 30.7 Å². The number of amides is 4. The van der Waals surface area contributed by atoms with Crippen LogP contribution in [0, 0.1) is 0 Å². The van der Waals surface area contributed by atoms with Crippen molar-refractivity contribution in [2.75, 3.05) is 13.2 Å². The highest BCUT2D eigenvalue weighted by atomic mass is 16.5. The number of carbonyl (C=O) groups excluding carboxylic acids is 4. The second-order valence-corrected chi connectivity index (χ2v) is 7.24. The van der Waals surface area contributed by atoms with E-state index >= 15 is 0 Å². The Morgan fingerprint density at radius 3 is 2.62 bits per heavy atom. The summed E-state index contributed by atoms with van der Waals surface area (Å²) in [6.45, 7) is 3.14. The van der Waals surface area contributed by atoms with Gasteiger partial charge in [0.25, 0.3) is 11.8 Å². The van der Waals surface area contributed by atoms with Gasteiger partial charge in [-0.2, -0.15) is 0 Å². The van der Waals surface area contributed by atoms with Gasteiger partial charge in [-0.3, -0.25) is 19.3 Å². The van der Waals surface area contributed by atoms with Crippen molar-refractivity contribution in [3.63, 3.8) is 0 Å². The van der Waals surface area contributed by atoms with Gasteiger partial charge in [-0.05, 0) is 26.2 Å². The molecule has 0 unspecified atom stereocenters. The third-order valence-electron chi connectivity index (χ3n) is 5.00. The minimum Gasteiger partial charge on any atom is -0.454 e. The van der Waals surface area contributed by atoms with Crippen LogP contribution >= 0.6 is 0 Å². The first-order valence-electron chi connectivity index (χ1n) is 9.47. The molecule has 0 aromatic heterocycles. The maximum Gasteiger partial charge on any atom is 0.326 e. The Labute approximate surface area is 154 Å². The molecule has 0 radical (unpaired) electrons. The molecule has 26 heavy (non-hydrogen) atoms. The fourth-order valence-electron chi connectivity index (χ4n) is 3.55. The molecule has 4 amide bonds. The Balaban J connectivity index is 1.72. The zero-order chi connectivity index (χ0) is 19.2. The standard InChI is InChI=1S/C18H29N3O5/c1-3-4-5-8-13(2)19-14(22)12-26-15(23)11-21-16(24)18(20-17(21)25)9-6-7-10-18/h13H,3-12H2,1-2H3,(H,19,22)(H,20,25)/t13-/m1/s1. The summed E-state index contributed by atoms with van der Waals surface area (Å²) in [4.78, 5) is 49.1. The van der Waals surface area contributed by atoms with E-state index in [-0.39, 0.29) is 17.9 Å². The highest BCUT2D eigenvalue weighted by Gasteiger charge is 2.52. The molecule has 2 fully saturated rings. The first-order chi connectivity index (χ1) is 12.4. The number of unbranched alkanes of at least 4 members (excludes halogenated alkanes) is 2. The average Bonchev–Trinajstić information content (AvgIpc) is 3.14. The van der Waals surface area contributed by atoms with Crippen LogP contribution in [-0.2, 0) is 19.1 Å². The number of urea groups is 1. The van der Waals surface area contributed by atoms with E-state index in [2.05, 4.69) is 17.6 Å². The summed E-state index contributed by atoms with van der Waals surface area (Å²) in [6.07, 6.45) is 7.08. The van der Waals surface area contributed by atoms with Crippen molar-refractivity contribution >= 4 is 23.8 Å². The minimum atomic E-state index is -0.845. The minimum absolute atomic E-state index is 0.0147. The Bertz CT molecular complexity index is 557. The number of nitrogens with one attached hydrogen (secondary N) is 2. The summed E-state index contributed by atoms with van der Waals surface area (Å²) in [6, 6.07) is -0.552. The fraction of sp³-hybridized carbons (Fsp3) is 0.778. The van der Waals surface area contributed by atoms with Gasteiger partial charge in [0.1, 0.15) is 12.1 Å². The molecule has 1 aliphatic carbocycles. The van der Waals surface area contributed by atoms with Crippen LogP contribution in [-0.4, -0.2) is 53.4 Å². The average molecular weight is 367 g/mol. The van der Waals surface area contributed by atoms with Gasteiger partial charge in [0, 0.05) is 6.04 Å². The molecule has 1 aliphatic heterocycles. The molecule has 1 saturated carbocycles. The van der Waals surface area contributed by atoms with Crippen molar-refractivity contribution in [1.82, 2.24) is 15.5 Å². The molecule has 1 spiro atoms. The third kappa shape index (κ3) is 4.95. The highest BCUT2D eigenvalue weighted by Crippen LogP contribution is 2.34. The van der Waals surface area contributed by atoms with Crippen LogP contribution in [0.5, 0.6) is 0 Å². The lowest BCUT2D eigenvalue weighted by Crippen LogP contribution is -2.44. The second-order valence-electron chi connectivity index (χ2n) is 7.24. The van der Waals surface area contributed by atoms with Crippen LogP contribution in [0.15, 0.2) is 0 Å². The molecule has 0 bridgehead atoms. The molecule has 0 aromatic carbocycles. The number of esters is 1. The Morgan fingerprint density at radius 1 is 1.27 bits per heavy atom. The molecule has 2 aliphatic rings. The van der Waals surface area contributed by atoms with Gasteiger partial charge in [-0.1, -0.05) is 39.0 Å². The van der Waals surface area contributed by atoms with Crippen LogP contribution in [0.25, 0.3) is 0 Å². The largest absolute Gasteiger partial charge is 0.454 e. The molecule has 1 heterocycles. The summed E-state index contributed by atoms with van der Waals surface area (Å²) < 4.78 is 4.92. The van der Waals surface area contributed by atoms with E-state index in [0.717, 1.165) is 43.4 Å². The number of carbonyl (C=O) groups is 4. The maximum atomic E-state index is 12.4. The van der Waals surface area contributed by atoms with E-state index in [0.29, 0.717) is 12.8 Å². The Hall–Kier alpha value is -2.12. The quantitative estimate of drug-likeness (QED) is 0.365. The summed E-state index contributed by atoms with van der Waals surface area (Å²) >= 11 is 0. The van der Waals surface area contributed by atoms with Gasteiger partial charge >= 0.3 is 12.0 Å². The SMILES string of the molecule is CCCCC[C@@H](C)NC(=O)COC(=O)CN1C(=O)NC2(CCCC2)C1=O. The van der Waals surface area contributed by atoms with E-state index in [1.807, 2.05) is 6.92 Å². The van der Waals surface area contributed by atoms with Crippen molar-refractivity contribution in [2.45, 2.75) is 76.8 Å². The Kier molecular flexibility index (Phi) is 6.99. The van der Waals surface area contributed by atoms with Crippen molar-refractivity contribution in [3.05, 3.63) is 0 Å². The fourth-order valence-corrected chi connectivity index (χ4v) is 3.55. The number of hydrogen-bond donors (Lipinski definition) is 2. The molecule has 2 rings (SSSR count).